The van der Waals surface area contributed by atoms with Gasteiger partial charge in [-0.2, -0.15) is 0 Å². The minimum absolute atomic E-state index is 0.141. The molecule has 0 radical (unpaired) electrons. The van der Waals surface area contributed by atoms with Crippen molar-refractivity contribution in [1.29, 1.82) is 0 Å². The third-order valence-corrected chi connectivity index (χ3v) is 10.1. The molecule has 1 unspecified atom stereocenters. The van der Waals surface area contributed by atoms with Crippen molar-refractivity contribution in [1.82, 2.24) is 25.2 Å². The molecular weight excluding hydrogens is 532 g/mol. The largest absolute Gasteiger partial charge is 0.356 e. The number of hydrogen-bond acceptors (Lipinski definition) is 7. The van der Waals surface area contributed by atoms with Crippen molar-refractivity contribution in [2.45, 2.75) is 95.4 Å². The Labute approximate surface area is 246 Å². The number of amides is 2. The first kappa shape index (κ1) is 27.8. The molecule has 1 aromatic carbocycles. The van der Waals surface area contributed by atoms with Gasteiger partial charge < -0.3 is 15.5 Å². The molecule has 3 aromatic rings. The summed E-state index contributed by atoms with van der Waals surface area (Å²) in [5, 5.41) is 7.32. The van der Waals surface area contributed by atoms with Gasteiger partial charge in [-0.3, -0.25) is 9.59 Å². The molecule has 1 atom stereocenters. The van der Waals surface area contributed by atoms with E-state index in [-0.39, 0.29) is 17.4 Å². The summed E-state index contributed by atoms with van der Waals surface area (Å²) in [4.78, 5) is 39.9. The summed E-state index contributed by atoms with van der Waals surface area (Å²) in [5.74, 6) is 1.70. The maximum atomic E-state index is 12.0. The number of nitrogens with one attached hydrogen (secondary N) is 2. The third-order valence-electron chi connectivity index (χ3n) is 8.86. The van der Waals surface area contributed by atoms with Crippen LogP contribution in [0.4, 0.5) is 11.6 Å². The van der Waals surface area contributed by atoms with Crippen LogP contribution >= 0.6 is 11.3 Å². The first-order chi connectivity index (χ1) is 20.0. The van der Waals surface area contributed by atoms with Crippen LogP contribution in [0.1, 0.15) is 99.2 Å². The number of nitrogens with zero attached hydrogens (tertiary/aromatic N) is 4. The maximum absolute atomic E-state index is 12.0. The van der Waals surface area contributed by atoms with E-state index >= 15 is 0 Å². The number of rotatable bonds is 5. The minimum Gasteiger partial charge on any atom is -0.356 e. The molecule has 9 heteroatoms. The molecule has 7 rings (SSSR count). The van der Waals surface area contributed by atoms with Crippen LogP contribution in [-0.4, -0.2) is 44.8 Å². The number of thiazole rings is 1. The Morgan fingerprint density at radius 3 is 2.73 bits per heavy atom. The van der Waals surface area contributed by atoms with Gasteiger partial charge in [0.2, 0.25) is 17.8 Å². The fraction of sp³-hybridized carbons (Fsp3) is 0.531. The first-order valence-electron chi connectivity index (χ1n) is 15.3. The number of aromatic nitrogens is 3. The summed E-state index contributed by atoms with van der Waals surface area (Å²) in [7, 11) is 0. The Morgan fingerprint density at radius 2 is 1.88 bits per heavy atom. The van der Waals surface area contributed by atoms with Gasteiger partial charge >= 0.3 is 0 Å². The Kier molecular flexibility index (Phi) is 8.32. The highest BCUT2D eigenvalue weighted by Gasteiger charge is 2.56. The normalized spacial score (nSPS) is 22.6. The van der Waals surface area contributed by atoms with Crippen molar-refractivity contribution in [2.75, 3.05) is 18.4 Å². The van der Waals surface area contributed by atoms with E-state index in [0.717, 1.165) is 72.0 Å². The average molecular weight is 573 g/mol. The molecule has 8 nitrogen and oxygen atoms in total. The quantitative estimate of drug-likeness (QED) is 0.334. The highest BCUT2D eigenvalue weighted by Crippen LogP contribution is 2.51. The van der Waals surface area contributed by atoms with Crippen LogP contribution < -0.4 is 10.6 Å². The number of carbonyl (C=O) groups excluding carboxylic acids is 2. The molecule has 1 saturated carbocycles. The Bertz CT molecular complexity index is 1390. The monoisotopic (exact) mass is 572 g/mol. The molecule has 41 heavy (non-hydrogen) atoms. The first-order valence-corrected chi connectivity index (χ1v) is 16.1. The molecule has 0 bridgehead atoms. The van der Waals surface area contributed by atoms with Gasteiger partial charge in [0.1, 0.15) is 10.5 Å². The molecule has 3 aliphatic heterocycles. The molecule has 2 N–H and O–H groups in total. The van der Waals surface area contributed by atoms with Crippen LogP contribution in [0, 0.1) is 6.92 Å². The summed E-state index contributed by atoms with van der Waals surface area (Å²) >= 11 is 1.72. The van der Waals surface area contributed by atoms with E-state index in [1.807, 2.05) is 17.3 Å². The number of fused-ring (bicyclic) bond motifs is 1. The van der Waals surface area contributed by atoms with Crippen LogP contribution in [0.15, 0.2) is 36.7 Å². The van der Waals surface area contributed by atoms with Gasteiger partial charge in [-0.05, 0) is 74.8 Å². The zero-order valence-electron chi connectivity index (χ0n) is 24.0. The summed E-state index contributed by atoms with van der Waals surface area (Å²) in [5.41, 5.74) is 4.31. The zero-order chi connectivity index (χ0) is 28.2. The van der Waals surface area contributed by atoms with Crippen molar-refractivity contribution in [3.05, 3.63) is 52.9 Å². The van der Waals surface area contributed by atoms with Crippen LogP contribution in [-0.2, 0) is 15.1 Å². The van der Waals surface area contributed by atoms with Gasteiger partial charge in [-0.1, -0.05) is 31.7 Å². The second-order valence-corrected chi connectivity index (χ2v) is 12.9. The maximum Gasteiger partial charge on any atom is 0.227 e. The molecule has 5 heterocycles. The van der Waals surface area contributed by atoms with Crippen LogP contribution in [0.2, 0.25) is 0 Å². The van der Waals surface area contributed by atoms with Crippen LogP contribution in [0.25, 0.3) is 10.4 Å². The number of anilines is 2. The van der Waals surface area contributed by atoms with Crippen molar-refractivity contribution in [3.63, 3.8) is 0 Å². The number of hydrogen-bond donors (Lipinski definition) is 2. The summed E-state index contributed by atoms with van der Waals surface area (Å²) < 4.78 is 0. The lowest BCUT2D eigenvalue weighted by molar-refractivity contribution is -0.153. The van der Waals surface area contributed by atoms with E-state index < -0.39 is 0 Å². The van der Waals surface area contributed by atoms with E-state index in [4.69, 9.17) is 9.97 Å². The lowest BCUT2D eigenvalue weighted by Gasteiger charge is -2.45. The van der Waals surface area contributed by atoms with Gasteiger partial charge in [-0.15, -0.1) is 11.3 Å². The number of aryl methyl sites for hydroxylation is 1. The summed E-state index contributed by atoms with van der Waals surface area (Å²) in [6.45, 7) is 3.86. The molecule has 2 amide bonds. The number of β-lactam (4-membered cyclic amide) rings is 1. The van der Waals surface area contributed by atoms with Crippen LogP contribution in [0.3, 0.4) is 0 Å². The standard InChI is InChI=1S/C26H29N5OS.C6H11NO/c1-17-12-19(22-16-28-24(33-22)26-9-5-11-31(26)23(32)15-26)14-20(13-17)29-25-27-10-8-21(30-25)18-6-3-2-4-7-18;8-6-4-2-1-3-5-7-6/h8,10,12-14,16,18H,2-7,9,11,15H2,1H3,(H,27,29,30);1-5H2,(H,7,8). The van der Waals surface area contributed by atoms with Gasteiger partial charge in [-0.25, -0.2) is 15.0 Å². The second kappa shape index (κ2) is 12.3. The SMILES string of the molecule is Cc1cc(Nc2nccc(C3CCCCC3)n2)cc(-c2cnc(C34CCCN3C(=O)C4)s2)c1.O=C1CCCCCN1. The summed E-state index contributed by atoms with van der Waals surface area (Å²) in [6, 6.07) is 8.54. The predicted molar refractivity (Wildman–Crippen MR) is 162 cm³/mol. The Morgan fingerprint density at radius 1 is 1.02 bits per heavy atom. The van der Waals surface area contributed by atoms with E-state index in [1.165, 1.54) is 44.1 Å². The molecule has 4 aliphatic rings. The third kappa shape index (κ3) is 6.15. The van der Waals surface area contributed by atoms with E-state index in [0.29, 0.717) is 18.3 Å². The van der Waals surface area contributed by atoms with Gasteiger partial charge in [0.15, 0.2) is 0 Å². The molecule has 1 aliphatic carbocycles. The predicted octanol–water partition coefficient (Wildman–Crippen LogP) is 6.60. The fourth-order valence-electron chi connectivity index (χ4n) is 6.69. The molecule has 3 saturated heterocycles. The van der Waals surface area contributed by atoms with Crippen molar-refractivity contribution < 1.29 is 9.59 Å². The average Bonchev–Trinajstić information content (AvgIpc) is 3.53. The zero-order valence-corrected chi connectivity index (χ0v) is 24.8. The van der Waals surface area contributed by atoms with Crippen molar-refractivity contribution >= 4 is 34.8 Å². The second-order valence-electron chi connectivity index (χ2n) is 11.9. The Balaban J connectivity index is 0.000000328. The van der Waals surface area contributed by atoms with Crippen LogP contribution in [0.5, 0.6) is 0 Å². The molecule has 0 spiro atoms. The van der Waals surface area contributed by atoms with Gasteiger partial charge in [0, 0.05) is 49.2 Å². The van der Waals surface area contributed by atoms with Gasteiger partial charge in [0.25, 0.3) is 0 Å². The number of carbonyl (C=O) groups is 2. The minimum atomic E-state index is -0.141. The molecule has 216 valence electrons. The topological polar surface area (TPSA) is 100 Å². The molecular formula is C32H40N6O2S. The lowest BCUT2D eigenvalue weighted by Crippen LogP contribution is -2.57. The van der Waals surface area contributed by atoms with Crippen molar-refractivity contribution in [2.24, 2.45) is 0 Å². The Hall–Kier alpha value is -3.33. The smallest absolute Gasteiger partial charge is 0.227 e. The fourth-order valence-corrected chi connectivity index (χ4v) is 7.82. The molecule has 2 aromatic heterocycles. The van der Waals surface area contributed by atoms with Gasteiger partial charge in [0.05, 0.1) is 11.3 Å². The lowest BCUT2D eigenvalue weighted by atomic mass is 9.85. The molecule has 4 fully saturated rings. The van der Waals surface area contributed by atoms with E-state index in [9.17, 15) is 9.59 Å². The highest BCUT2D eigenvalue weighted by molar-refractivity contribution is 7.15. The highest BCUT2D eigenvalue weighted by atomic mass is 32.1. The van der Waals surface area contributed by atoms with E-state index in [2.05, 4.69) is 46.8 Å². The summed E-state index contributed by atoms with van der Waals surface area (Å²) in [6.07, 6.45) is 17.1. The van der Waals surface area contributed by atoms with Crippen molar-refractivity contribution in [3.8, 4) is 10.4 Å². The number of benzene rings is 1. The van der Waals surface area contributed by atoms with E-state index in [1.54, 1.807) is 11.3 Å².